The van der Waals surface area contributed by atoms with Crippen molar-refractivity contribution in [2.24, 2.45) is 0 Å². The number of aliphatic hydroxyl groups excluding tert-OH is 2. The van der Waals surface area contributed by atoms with Crippen molar-refractivity contribution in [3.8, 4) is 11.5 Å². The van der Waals surface area contributed by atoms with Crippen molar-refractivity contribution in [3.05, 3.63) is 137 Å². The van der Waals surface area contributed by atoms with Gasteiger partial charge in [0.25, 0.3) is 5.91 Å². The maximum absolute atomic E-state index is 12.5. The monoisotopic (exact) mass is 639 g/mol. The average molecular weight is 640 g/mol. The number of benzene rings is 4. The van der Waals surface area contributed by atoms with Gasteiger partial charge in [-0.05, 0) is 71.6 Å². The molecule has 1 amide bonds. The van der Waals surface area contributed by atoms with Gasteiger partial charge in [0.1, 0.15) is 11.5 Å². The number of aliphatic hydroxyl groups is 2. The Morgan fingerprint density at radius 3 is 2.50 bits per heavy atom. The number of ether oxygens (including phenoxy) is 2. The first-order chi connectivity index (χ1) is 22.4. The van der Waals surface area contributed by atoms with E-state index in [-0.39, 0.29) is 18.6 Å². The maximum Gasteiger partial charge on any atom is 0.251 e. The number of aromatic nitrogens is 1. The van der Waals surface area contributed by atoms with Crippen LogP contribution < -0.4 is 10.1 Å². The molecule has 2 atom stereocenters. The molecular weight excluding hydrogens is 602 g/mol. The lowest BCUT2D eigenvalue weighted by atomic mass is 10.0. The number of carbonyl (C=O) groups excluding carboxylic acids is 1. The highest BCUT2D eigenvalue weighted by Crippen LogP contribution is 2.30. The van der Waals surface area contributed by atoms with E-state index in [1.54, 1.807) is 43.6 Å². The van der Waals surface area contributed by atoms with Gasteiger partial charge in [-0.15, -0.1) is 0 Å². The molecule has 0 spiro atoms. The summed E-state index contributed by atoms with van der Waals surface area (Å²) >= 11 is 6.19. The highest BCUT2D eigenvalue weighted by molar-refractivity contribution is 6.30. The Morgan fingerprint density at radius 1 is 0.957 bits per heavy atom. The number of hydrogen-bond donors (Lipinski definition) is 3. The quantitative estimate of drug-likeness (QED) is 0.117. The second-order valence-corrected chi connectivity index (χ2v) is 11.5. The lowest BCUT2D eigenvalue weighted by Gasteiger charge is -2.32. The van der Waals surface area contributed by atoms with E-state index in [9.17, 15) is 15.0 Å². The second-order valence-electron chi connectivity index (χ2n) is 11.1. The number of rotatable bonds is 15. The first-order valence-electron chi connectivity index (χ1n) is 15.2. The van der Waals surface area contributed by atoms with Crippen molar-refractivity contribution in [2.75, 3.05) is 33.4 Å². The molecule has 1 heterocycles. The zero-order valence-corrected chi connectivity index (χ0v) is 26.4. The summed E-state index contributed by atoms with van der Waals surface area (Å²) in [5, 5.41) is 25.8. The fraction of sp³-hybridized carbons (Fsp3) is 0.243. The van der Waals surface area contributed by atoms with Gasteiger partial charge in [0, 0.05) is 55.0 Å². The molecule has 3 N–H and O–H groups in total. The van der Waals surface area contributed by atoms with E-state index in [0.717, 1.165) is 22.1 Å². The second kappa shape index (κ2) is 16.3. The predicted molar refractivity (Wildman–Crippen MR) is 180 cm³/mol. The predicted octanol–water partition coefficient (Wildman–Crippen LogP) is 6.20. The Balaban J connectivity index is 1.29. The molecule has 0 saturated carbocycles. The van der Waals surface area contributed by atoms with E-state index >= 15 is 0 Å². The van der Waals surface area contributed by atoms with Crippen LogP contribution in [0.25, 0.3) is 10.9 Å². The number of methoxy groups -OCH3 is 1. The Kier molecular flexibility index (Phi) is 11.7. The molecule has 0 saturated heterocycles. The van der Waals surface area contributed by atoms with Gasteiger partial charge in [0.05, 0.1) is 24.8 Å². The highest BCUT2D eigenvalue weighted by Gasteiger charge is 2.23. The molecule has 0 bridgehead atoms. The molecule has 5 aromatic rings. The smallest absolute Gasteiger partial charge is 0.251 e. The van der Waals surface area contributed by atoms with Crippen molar-refractivity contribution < 1.29 is 24.5 Å². The number of pyridine rings is 1. The molecule has 46 heavy (non-hydrogen) atoms. The van der Waals surface area contributed by atoms with Gasteiger partial charge in [-0.3, -0.25) is 14.7 Å². The molecule has 0 unspecified atom stereocenters. The molecular formula is C37H38ClN3O5. The molecule has 0 aliphatic carbocycles. The minimum Gasteiger partial charge on any atom is -0.457 e. The van der Waals surface area contributed by atoms with Gasteiger partial charge in [0.15, 0.2) is 0 Å². The van der Waals surface area contributed by atoms with Crippen LogP contribution in [0.5, 0.6) is 11.5 Å². The maximum atomic E-state index is 12.5. The van der Waals surface area contributed by atoms with Gasteiger partial charge >= 0.3 is 0 Å². The van der Waals surface area contributed by atoms with E-state index in [0.29, 0.717) is 60.3 Å². The number of fused-ring (bicyclic) bond motifs is 1. The van der Waals surface area contributed by atoms with Crippen LogP contribution in [0.3, 0.4) is 0 Å². The number of carbonyl (C=O) groups is 1. The Labute approximate surface area is 274 Å². The zero-order valence-electron chi connectivity index (χ0n) is 25.7. The molecule has 0 radical (unpaired) electrons. The van der Waals surface area contributed by atoms with Crippen LogP contribution in [0.15, 0.2) is 109 Å². The van der Waals surface area contributed by atoms with Crippen LogP contribution in [0.2, 0.25) is 5.02 Å². The average Bonchev–Trinajstić information content (AvgIpc) is 3.08. The third-order valence-electron chi connectivity index (χ3n) is 7.78. The van der Waals surface area contributed by atoms with Gasteiger partial charge in [-0.25, -0.2) is 0 Å². The normalized spacial score (nSPS) is 12.6. The molecule has 5 rings (SSSR count). The Hall–Kier alpha value is -4.31. The van der Waals surface area contributed by atoms with Crippen LogP contribution in [-0.2, 0) is 17.7 Å². The number of amides is 1. The van der Waals surface area contributed by atoms with Gasteiger partial charge in [-0.1, -0.05) is 66.2 Å². The van der Waals surface area contributed by atoms with E-state index in [1.165, 1.54) is 0 Å². The van der Waals surface area contributed by atoms with Crippen LogP contribution in [0.4, 0.5) is 0 Å². The Morgan fingerprint density at radius 2 is 1.76 bits per heavy atom. The van der Waals surface area contributed by atoms with Gasteiger partial charge in [0.2, 0.25) is 0 Å². The minimum atomic E-state index is -0.774. The molecule has 8 nitrogen and oxygen atoms in total. The third kappa shape index (κ3) is 8.90. The van der Waals surface area contributed by atoms with Crippen LogP contribution in [0, 0.1) is 0 Å². The highest BCUT2D eigenvalue weighted by atomic mass is 35.5. The number of nitrogens with one attached hydrogen (secondary N) is 1. The third-order valence-corrected chi connectivity index (χ3v) is 8.01. The summed E-state index contributed by atoms with van der Waals surface area (Å²) in [6, 6.07) is 31.9. The Bertz CT molecular complexity index is 1720. The van der Waals surface area contributed by atoms with Crippen molar-refractivity contribution in [1.29, 1.82) is 0 Å². The van der Waals surface area contributed by atoms with Crippen molar-refractivity contribution in [1.82, 2.24) is 15.2 Å². The largest absolute Gasteiger partial charge is 0.457 e. The topological polar surface area (TPSA) is 104 Å². The first kappa shape index (κ1) is 33.1. The summed E-state index contributed by atoms with van der Waals surface area (Å²) in [7, 11) is 1.59. The zero-order chi connectivity index (χ0) is 32.3. The van der Waals surface area contributed by atoms with Crippen molar-refractivity contribution in [2.45, 2.75) is 25.1 Å². The summed E-state index contributed by atoms with van der Waals surface area (Å²) in [5.41, 5.74) is 4.00. The van der Waals surface area contributed by atoms with Crippen LogP contribution in [0.1, 0.15) is 33.2 Å². The van der Waals surface area contributed by atoms with E-state index in [4.69, 9.17) is 21.1 Å². The summed E-state index contributed by atoms with van der Waals surface area (Å²) < 4.78 is 11.2. The summed E-state index contributed by atoms with van der Waals surface area (Å²) in [6.07, 6.45) is 1.45. The molecule has 238 valence electrons. The molecule has 0 aliphatic rings. The molecule has 9 heteroatoms. The van der Waals surface area contributed by atoms with E-state index in [1.807, 2.05) is 72.8 Å². The van der Waals surface area contributed by atoms with Crippen molar-refractivity contribution >= 4 is 28.4 Å². The lowest BCUT2D eigenvalue weighted by Crippen LogP contribution is -2.41. The standard InChI is InChI=1S/C37H38ClN3O5/c1-45-19-18-40-37(44)29-12-15-33-34(22-29)39-17-16-36(33)46-32-13-10-26(11-14-32)20-31(25-42)41(23-27-6-3-2-4-7-27)24-35(43)28-8-5-9-30(38)21-28/h2-17,21-22,31,35,42-43H,18-20,23-25H2,1H3,(H,40,44)/t31-,35-/m0/s1. The number of halogens is 1. The molecule has 0 aliphatic heterocycles. The summed E-state index contributed by atoms with van der Waals surface area (Å²) in [4.78, 5) is 19.0. The van der Waals surface area contributed by atoms with Gasteiger partial charge < -0.3 is 25.0 Å². The van der Waals surface area contributed by atoms with Crippen LogP contribution >= 0.6 is 11.6 Å². The van der Waals surface area contributed by atoms with Crippen LogP contribution in [-0.4, -0.2) is 65.5 Å². The summed E-state index contributed by atoms with van der Waals surface area (Å²) in [6.45, 7) is 1.68. The number of hydrogen-bond acceptors (Lipinski definition) is 7. The van der Waals surface area contributed by atoms with E-state index in [2.05, 4.69) is 15.2 Å². The molecule has 1 aromatic heterocycles. The van der Waals surface area contributed by atoms with Crippen molar-refractivity contribution in [3.63, 3.8) is 0 Å². The minimum absolute atomic E-state index is 0.0806. The molecule has 4 aromatic carbocycles. The number of nitrogens with zero attached hydrogens (tertiary/aromatic N) is 2. The first-order valence-corrected chi connectivity index (χ1v) is 15.6. The van der Waals surface area contributed by atoms with Gasteiger partial charge in [-0.2, -0.15) is 0 Å². The summed E-state index contributed by atoms with van der Waals surface area (Å²) in [5.74, 6) is 1.09. The lowest BCUT2D eigenvalue weighted by molar-refractivity contribution is 0.0566. The SMILES string of the molecule is COCCNC(=O)c1ccc2c(Oc3ccc(C[C@@H](CO)N(Cc4ccccc4)C[C@H](O)c4cccc(Cl)c4)cc3)ccnc2c1. The van der Waals surface area contributed by atoms with E-state index < -0.39 is 6.10 Å². The fourth-order valence-corrected chi connectivity index (χ4v) is 5.52. The fourth-order valence-electron chi connectivity index (χ4n) is 5.32. The molecule has 0 fully saturated rings.